The van der Waals surface area contributed by atoms with Crippen LogP contribution in [0.15, 0.2) is 18.2 Å². The zero-order chi connectivity index (χ0) is 28.8. The lowest BCUT2D eigenvalue weighted by atomic mass is 10.1. The molecule has 0 fully saturated rings. The molecule has 0 saturated carbocycles. The van der Waals surface area contributed by atoms with Gasteiger partial charge >= 0.3 is 0 Å². The average molecular weight is 641 g/mol. The van der Waals surface area contributed by atoms with E-state index < -0.39 is 0 Å². The fraction of sp³-hybridized carbons (Fsp3) is 0.615. The van der Waals surface area contributed by atoms with Gasteiger partial charge < -0.3 is 25.9 Å². The summed E-state index contributed by atoms with van der Waals surface area (Å²) in [4.78, 5) is 40.7. The van der Waals surface area contributed by atoms with Crippen LogP contribution in [0.3, 0.4) is 0 Å². The molecule has 10 heteroatoms. The van der Waals surface area contributed by atoms with Crippen molar-refractivity contribution in [3.8, 4) is 0 Å². The van der Waals surface area contributed by atoms with Crippen LogP contribution < -0.4 is 16.0 Å². The van der Waals surface area contributed by atoms with Crippen molar-refractivity contribution >= 4 is 62.1 Å². The van der Waals surface area contributed by atoms with Gasteiger partial charge in [0.05, 0.1) is 12.6 Å². The largest absolute Gasteiger partial charge is 0.483 e. The van der Waals surface area contributed by atoms with Gasteiger partial charge in [-0.3, -0.25) is 14.4 Å². The molecule has 0 aliphatic rings. The van der Waals surface area contributed by atoms with E-state index in [2.05, 4.69) is 74.6 Å². The monoisotopic (exact) mass is 639 g/mol. The van der Waals surface area contributed by atoms with Gasteiger partial charge in [-0.15, -0.1) is 0 Å². The Hall–Kier alpha value is -1.78. The van der Waals surface area contributed by atoms with E-state index >= 15 is 0 Å². The molecule has 0 spiro atoms. The second kappa shape index (κ2) is 33.2. The van der Waals surface area contributed by atoms with E-state index in [0.717, 1.165) is 46.7 Å². The number of nitrogens with one attached hydrogen (secondary N) is 3. The lowest BCUT2D eigenvalue weighted by molar-refractivity contribution is -0.123. The first-order chi connectivity index (χ1) is 17.2. The quantitative estimate of drug-likeness (QED) is 0.133. The number of carbonyl (C=O) groups excluding carboxylic acids is 3. The molecule has 1 rings (SSSR count). The molecule has 0 aliphatic heterocycles. The molecule has 0 saturated heterocycles. The first kappa shape index (κ1) is 41.4. The third kappa shape index (κ3) is 28.5. The van der Waals surface area contributed by atoms with Crippen LogP contribution in [-0.2, 0) is 29.8 Å². The number of benzene rings is 1. The van der Waals surface area contributed by atoms with Gasteiger partial charge in [0.25, 0.3) is 6.47 Å². The Morgan fingerprint density at radius 2 is 1.47 bits per heavy atom. The van der Waals surface area contributed by atoms with Crippen LogP contribution in [0.25, 0.3) is 0 Å². The molecule has 4 N–H and O–H groups in total. The van der Waals surface area contributed by atoms with Gasteiger partial charge in [-0.05, 0) is 43.7 Å². The number of hydrogen-bond acceptors (Lipinski definition) is 5. The number of carbonyl (C=O) groups is 4. The molecule has 2 amide bonds. The smallest absolute Gasteiger partial charge is 0.290 e. The predicted molar refractivity (Wildman–Crippen MR) is 158 cm³/mol. The van der Waals surface area contributed by atoms with Crippen LogP contribution in [0, 0.1) is 0 Å². The zero-order valence-electron chi connectivity index (χ0n) is 23.0. The molecule has 0 aliphatic carbocycles. The fourth-order valence-electron chi connectivity index (χ4n) is 2.15. The number of anilines is 1. The molecule has 1 atom stereocenters. The van der Waals surface area contributed by atoms with Crippen molar-refractivity contribution in [2.75, 3.05) is 18.9 Å². The summed E-state index contributed by atoms with van der Waals surface area (Å²) < 4.78 is 0. The first-order valence-electron chi connectivity index (χ1n) is 12.3. The first-order valence-corrected chi connectivity index (χ1v) is 14.5. The molecule has 0 radical (unpaired) electrons. The predicted octanol–water partition coefficient (Wildman–Crippen LogP) is 6.05. The topological polar surface area (TPSA) is 125 Å². The number of halogens is 2. The van der Waals surface area contributed by atoms with E-state index in [4.69, 9.17) is 9.90 Å². The molecular formula is C26H47Br2N3O5. The number of likely N-dealkylation sites (N-methyl/N-ethyl adjacent to an activating group) is 1. The Morgan fingerprint density at radius 1 is 1.00 bits per heavy atom. The number of carboxylic acid groups (broad SMARTS) is 1. The van der Waals surface area contributed by atoms with Crippen LogP contribution in [0.5, 0.6) is 0 Å². The number of hydrogen-bond donors (Lipinski definition) is 4. The van der Waals surface area contributed by atoms with Gasteiger partial charge in [0.2, 0.25) is 11.8 Å². The van der Waals surface area contributed by atoms with Crippen molar-refractivity contribution in [2.45, 2.75) is 90.3 Å². The van der Waals surface area contributed by atoms with E-state index in [0.29, 0.717) is 12.7 Å². The third-order valence-electron chi connectivity index (χ3n) is 3.84. The van der Waals surface area contributed by atoms with E-state index in [-0.39, 0.29) is 30.9 Å². The summed E-state index contributed by atoms with van der Waals surface area (Å²) >= 11 is 6.85. The fourth-order valence-corrected chi connectivity index (χ4v) is 2.80. The number of rotatable bonds is 11. The van der Waals surface area contributed by atoms with Crippen molar-refractivity contribution < 1.29 is 24.3 Å². The molecular weight excluding hydrogens is 594 g/mol. The van der Waals surface area contributed by atoms with Crippen molar-refractivity contribution in [3.63, 3.8) is 0 Å². The summed E-state index contributed by atoms with van der Waals surface area (Å²) in [5.74, 6) is -0.0507. The third-order valence-corrected chi connectivity index (χ3v) is 5.14. The van der Waals surface area contributed by atoms with Gasteiger partial charge in [-0.2, -0.15) is 0 Å². The molecule has 8 nitrogen and oxygen atoms in total. The van der Waals surface area contributed by atoms with Gasteiger partial charge in [0.1, 0.15) is 6.29 Å². The van der Waals surface area contributed by atoms with Crippen LogP contribution >= 0.6 is 31.9 Å². The maximum atomic E-state index is 11.7. The highest BCUT2D eigenvalue weighted by Gasteiger charge is 2.10. The Bertz CT molecular complexity index is 655. The summed E-state index contributed by atoms with van der Waals surface area (Å²) in [6, 6.07) is 5.85. The standard InChI is InChI=1S/C12H16Br2N2O.C8H15NO2.C3H8.C2H6.CH2O2/c1-8(15-2)12(17)16-11-4-9(6-13)3-10(5-11)7-14;1-2-3-4-5-8(11)9-6-7-10;1-3-2;1-2;2-1-3/h3-5,8,15H,6-7H2,1-2H3,(H,16,17);7H,2-6H2,1H3,(H,9,11);3H2,1-2H3;1-2H3;1H,(H,2,3). The molecule has 1 aromatic rings. The summed E-state index contributed by atoms with van der Waals surface area (Å²) in [6.07, 6.45) is 5.59. The second-order valence-electron chi connectivity index (χ2n) is 7.05. The van der Waals surface area contributed by atoms with Crippen LogP contribution in [0.2, 0.25) is 0 Å². The Kier molecular flexibility index (Phi) is 38.2. The minimum atomic E-state index is -0.250. The molecule has 1 unspecified atom stereocenters. The minimum absolute atomic E-state index is 0.0226. The van der Waals surface area contributed by atoms with Crippen LogP contribution in [-0.4, -0.2) is 49.3 Å². The highest BCUT2D eigenvalue weighted by molar-refractivity contribution is 9.08. The van der Waals surface area contributed by atoms with Crippen LogP contribution in [0.1, 0.15) is 84.8 Å². The highest BCUT2D eigenvalue weighted by atomic mass is 79.9. The van der Waals surface area contributed by atoms with Crippen molar-refractivity contribution in [3.05, 3.63) is 29.3 Å². The van der Waals surface area contributed by atoms with E-state index in [9.17, 15) is 14.4 Å². The Balaban J connectivity index is -0.000000231. The molecule has 0 heterocycles. The lowest BCUT2D eigenvalue weighted by Crippen LogP contribution is -2.35. The van der Waals surface area contributed by atoms with Crippen molar-refractivity contribution in [1.82, 2.24) is 10.6 Å². The van der Waals surface area contributed by atoms with Crippen molar-refractivity contribution in [1.29, 1.82) is 0 Å². The van der Waals surface area contributed by atoms with Gasteiger partial charge in [-0.25, -0.2) is 0 Å². The molecule has 0 bridgehead atoms. The van der Waals surface area contributed by atoms with E-state index in [1.807, 2.05) is 32.9 Å². The van der Waals surface area contributed by atoms with Crippen molar-refractivity contribution in [2.24, 2.45) is 0 Å². The Labute approximate surface area is 235 Å². The van der Waals surface area contributed by atoms with E-state index in [1.54, 1.807) is 7.05 Å². The molecule has 0 aromatic heterocycles. The Morgan fingerprint density at radius 3 is 1.83 bits per heavy atom. The second-order valence-corrected chi connectivity index (χ2v) is 8.17. The zero-order valence-corrected chi connectivity index (χ0v) is 26.1. The number of aldehydes is 1. The summed E-state index contributed by atoms with van der Waals surface area (Å²) in [5, 5.41) is 16.7. The van der Waals surface area contributed by atoms with Crippen LogP contribution in [0.4, 0.5) is 5.69 Å². The average Bonchev–Trinajstić information content (AvgIpc) is 2.89. The van der Waals surface area contributed by atoms with Gasteiger partial charge in [0, 0.05) is 22.8 Å². The SMILES string of the molecule is CC.CCC.CCCCCC(=O)NCC=O.CNC(C)C(=O)Nc1cc(CBr)cc(CBr)c1.O=CO. The maximum Gasteiger partial charge on any atom is 0.290 e. The molecule has 1 aromatic carbocycles. The minimum Gasteiger partial charge on any atom is -0.483 e. The maximum absolute atomic E-state index is 11.7. The number of alkyl halides is 2. The summed E-state index contributed by atoms with van der Waals surface area (Å²) in [5.41, 5.74) is 3.13. The summed E-state index contributed by atoms with van der Waals surface area (Å²) in [7, 11) is 1.77. The normalized spacial score (nSPS) is 9.58. The van der Waals surface area contributed by atoms with Gasteiger partial charge in [0.15, 0.2) is 0 Å². The molecule has 210 valence electrons. The molecule has 36 heavy (non-hydrogen) atoms. The summed E-state index contributed by atoms with van der Waals surface area (Å²) in [6.45, 7) is 12.1. The van der Waals surface area contributed by atoms with Gasteiger partial charge in [-0.1, -0.05) is 91.8 Å². The van der Waals surface area contributed by atoms with E-state index in [1.165, 1.54) is 6.42 Å². The number of unbranched alkanes of at least 4 members (excludes halogenated alkanes) is 2. The highest BCUT2D eigenvalue weighted by Crippen LogP contribution is 2.19. The lowest BCUT2D eigenvalue weighted by Gasteiger charge is -2.12. The number of amides is 2.